The summed E-state index contributed by atoms with van der Waals surface area (Å²) in [6.45, 7) is 4.46. The van der Waals surface area contributed by atoms with Gasteiger partial charge in [0.1, 0.15) is 18.8 Å². The number of ether oxygens (including phenoxy) is 4. The van der Waals surface area contributed by atoms with Gasteiger partial charge in [-0.05, 0) is 12.2 Å². The number of aliphatic imine (C=N–C) groups is 1. The molecule has 1 aliphatic rings. The van der Waals surface area contributed by atoms with Crippen molar-refractivity contribution >= 4 is 41.2 Å². The third kappa shape index (κ3) is 6.51. The second-order valence-corrected chi connectivity index (χ2v) is 5.65. The highest BCUT2D eigenvalue weighted by Crippen LogP contribution is 2.27. The largest absolute Gasteiger partial charge is 0.463 e. The first-order chi connectivity index (χ1) is 12.1. The normalized spacial score (nSPS) is 27.5. The molecule has 0 saturated carbocycles. The van der Waals surface area contributed by atoms with Crippen molar-refractivity contribution in [3.05, 3.63) is 0 Å². The van der Waals surface area contributed by atoms with E-state index in [1.807, 2.05) is 0 Å². The predicted molar refractivity (Wildman–Crippen MR) is 89.0 cm³/mol. The van der Waals surface area contributed by atoms with Crippen LogP contribution in [0, 0.1) is 0 Å². The first kappa shape index (κ1) is 21.7. The molecule has 1 amide bonds. The van der Waals surface area contributed by atoms with Gasteiger partial charge >= 0.3 is 17.9 Å². The number of hydrogen-bond donors (Lipinski definition) is 1. The van der Waals surface area contributed by atoms with Gasteiger partial charge in [0.25, 0.3) is 0 Å². The van der Waals surface area contributed by atoms with E-state index in [2.05, 4.69) is 27.7 Å². The van der Waals surface area contributed by atoms with E-state index in [1.54, 1.807) is 0 Å². The summed E-state index contributed by atoms with van der Waals surface area (Å²) in [5.74, 6) is -2.40. The maximum absolute atomic E-state index is 11.5. The first-order valence-corrected chi connectivity index (χ1v) is 8.03. The van der Waals surface area contributed by atoms with Gasteiger partial charge in [-0.2, -0.15) is 4.99 Å². The van der Waals surface area contributed by atoms with E-state index in [9.17, 15) is 19.2 Å². The van der Waals surface area contributed by atoms with Crippen LogP contribution in [0.2, 0.25) is 0 Å². The SMILES string of the molecule is CC(=O)N[C@H]1[C@H](OC(C)=O)[C@@H](OC(C)=O)[C@@H](COC(C)=O)O[C@H]1N=C=S. The highest BCUT2D eigenvalue weighted by atomic mass is 32.1. The van der Waals surface area contributed by atoms with E-state index >= 15 is 0 Å². The second kappa shape index (κ2) is 9.95. The zero-order valence-electron chi connectivity index (χ0n) is 14.7. The minimum absolute atomic E-state index is 0.290. The van der Waals surface area contributed by atoms with Crippen LogP contribution in [0.5, 0.6) is 0 Å². The third-order valence-electron chi connectivity index (χ3n) is 3.27. The van der Waals surface area contributed by atoms with Gasteiger partial charge in [0, 0.05) is 27.7 Å². The number of nitrogens with one attached hydrogen (secondary N) is 1. The zero-order valence-corrected chi connectivity index (χ0v) is 15.5. The van der Waals surface area contributed by atoms with E-state index < -0.39 is 54.4 Å². The van der Waals surface area contributed by atoms with Crippen molar-refractivity contribution in [1.29, 1.82) is 0 Å². The fourth-order valence-corrected chi connectivity index (χ4v) is 2.57. The Hall–Kier alpha value is -2.36. The quantitative estimate of drug-likeness (QED) is 0.283. The van der Waals surface area contributed by atoms with Gasteiger partial charge in [-0.1, -0.05) is 0 Å². The number of rotatable bonds is 6. The van der Waals surface area contributed by atoms with Crippen molar-refractivity contribution in [2.75, 3.05) is 6.61 Å². The summed E-state index contributed by atoms with van der Waals surface area (Å²) in [6, 6.07) is -0.996. The van der Waals surface area contributed by atoms with Crippen LogP contribution in [-0.2, 0) is 38.1 Å². The van der Waals surface area contributed by atoms with Crippen LogP contribution in [-0.4, -0.2) is 66.2 Å². The van der Waals surface area contributed by atoms with Gasteiger partial charge in [0.05, 0.1) is 5.16 Å². The lowest BCUT2D eigenvalue weighted by atomic mass is 9.95. The molecule has 0 aromatic rings. The summed E-state index contributed by atoms with van der Waals surface area (Å²) in [6.07, 6.45) is -4.39. The summed E-state index contributed by atoms with van der Waals surface area (Å²) in [4.78, 5) is 49.5. The molecule has 1 rings (SSSR count). The summed E-state index contributed by atoms with van der Waals surface area (Å²) >= 11 is 4.58. The van der Waals surface area contributed by atoms with E-state index in [1.165, 1.54) is 13.8 Å². The third-order valence-corrected chi connectivity index (χ3v) is 3.38. The number of isothiocyanates is 1. The maximum atomic E-state index is 11.5. The summed E-state index contributed by atoms with van der Waals surface area (Å²) in [7, 11) is 0. The molecule has 10 nitrogen and oxygen atoms in total. The minimum atomic E-state index is -1.15. The molecule has 1 N–H and O–H groups in total. The average molecular weight is 388 g/mol. The fourth-order valence-electron chi connectivity index (χ4n) is 2.47. The van der Waals surface area contributed by atoms with Crippen LogP contribution in [0.3, 0.4) is 0 Å². The van der Waals surface area contributed by atoms with Crippen LogP contribution in [0.25, 0.3) is 0 Å². The molecule has 0 aromatic carbocycles. The Kier molecular flexibility index (Phi) is 8.30. The lowest BCUT2D eigenvalue weighted by Gasteiger charge is -2.43. The summed E-state index contributed by atoms with van der Waals surface area (Å²) in [5.41, 5.74) is 0. The van der Waals surface area contributed by atoms with Crippen molar-refractivity contribution in [2.24, 2.45) is 4.99 Å². The highest BCUT2D eigenvalue weighted by molar-refractivity contribution is 7.78. The Labute approximate surface area is 155 Å². The lowest BCUT2D eigenvalue weighted by molar-refractivity contribution is -0.222. The molecule has 26 heavy (non-hydrogen) atoms. The number of carbonyl (C=O) groups is 4. The molecular formula is C15H20N2O8S. The van der Waals surface area contributed by atoms with Gasteiger partial charge in [-0.25, -0.2) is 0 Å². The number of carbonyl (C=O) groups excluding carboxylic acids is 4. The topological polar surface area (TPSA) is 130 Å². The van der Waals surface area contributed by atoms with Crippen molar-refractivity contribution in [3.63, 3.8) is 0 Å². The highest BCUT2D eigenvalue weighted by Gasteiger charge is 2.50. The van der Waals surface area contributed by atoms with Gasteiger partial charge < -0.3 is 24.3 Å². The van der Waals surface area contributed by atoms with Crippen molar-refractivity contribution in [2.45, 2.75) is 58.3 Å². The predicted octanol–water partition coefficient (Wildman–Crippen LogP) is -0.255. The maximum Gasteiger partial charge on any atom is 0.303 e. The monoisotopic (exact) mass is 388 g/mol. The molecule has 0 bridgehead atoms. The second-order valence-electron chi connectivity index (χ2n) is 5.46. The van der Waals surface area contributed by atoms with E-state index in [0.717, 1.165) is 13.8 Å². The summed E-state index contributed by atoms with van der Waals surface area (Å²) < 4.78 is 21.1. The van der Waals surface area contributed by atoms with E-state index in [0.29, 0.717) is 0 Å². The Morgan fingerprint density at radius 2 is 1.62 bits per heavy atom. The minimum Gasteiger partial charge on any atom is -0.463 e. The number of amides is 1. The molecule has 1 fully saturated rings. The fraction of sp³-hybridized carbons (Fsp3) is 0.667. The molecule has 1 saturated heterocycles. The molecule has 0 radical (unpaired) electrons. The molecule has 0 spiro atoms. The Balaban J connectivity index is 3.28. The van der Waals surface area contributed by atoms with Gasteiger partial charge in [-0.3, -0.25) is 19.2 Å². The van der Waals surface area contributed by atoms with Crippen molar-refractivity contribution < 1.29 is 38.1 Å². The zero-order chi connectivity index (χ0) is 19.9. The smallest absolute Gasteiger partial charge is 0.303 e. The molecule has 0 aliphatic carbocycles. The first-order valence-electron chi connectivity index (χ1n) is 7.63. The lowest BCUT2D eigenvalue weighted by Crippen LogP contribution is -2.65. The van der Waals surface area contributed by atoms with Gasteiger partial charge in [-0.15, -0.1) is 0 Å². The molecule has 1 aliphatic heterocycles. The van der Waals surface area contributed by atoms with E-state index in [4.69, 9.17) is 18.9 Å². The van der Waals surface area contributed by atoms with Crippen molar-refractivity contribution in [3.8, 4) is 0 Å². The molecular weight excluding hydrogens is 368 g/mol. The molecule has 144 valence electrons. The van der Waals surface area contributed by atoms with Gasteiger partial charge in [0.2, 0.25) is 5.91 Å². The van der Waals surface area contributed by atoms with Crippen LogP contribution < -0.4 is 5.32 Å². The Bertz CT molecular complexity index is 619. The molecule has 0 unspecified atom stereocenters. The number of esters is 3. The van der Waals surface area contributed by atoms with Crippen molar-refractivity contribution in [1.82, 2.24) is 5.32 Å². The standard InChI is InChI=1S/C15H20N2O8S/c1-7(18)17-12-14(24-10(4)21)13(23-9(3)20)11(5-22-8(2)19)25-15(12)16-6-26/h11-15H,5H2,1-4H3,(H,17,18)/t11-,12+,13+,14+,15-/m1/s1. The van der Waals surface area contributed by atoms with Crippen LogP contribution in [0.15, 0.2) is 4.99 Å². The number of nitrogens with zero attached hydrogens (tertiary/aromatic N) is 1. The molecule has 11 heteroatoms. The molecule has 1 heterocycles. The molecule has 5 atom stereocenters. The van der Waals surface area contributed by atoms with Crippen LogP contribution in [0.1, 0.15) is 27.7 Å². The van der Waals surface area contributed by atoms with Gasteiger partial charge in [0.15, 0.2) is 18.4 Å². The van der Waals surface area contributed by atoms with E-state index in [-0.39, 0.29) is 6.61 Å². The Morgan fingerprint density at radius 1 is 1.04 bits per heavy atom. The average Bonchev–Trinajstić information content (AvgIpc) is 2.50. The van der Waals surface area contributed by atoms with Crippen LogP contribution in [0.4, 0.5) is 0 Å². The Morgan fingerprint density at radius 3 is 2.08 bits per heavy atom. The number of thiocarbonyl (C=S) groups is 1. The summed E-state index contributed by atoms with van der Waals surface area (Å²) in [5, 5.41) is 4.67. The number of hydrogen-bond acceptors (Lipinski definition) is 10. The molecule has 0 aromatic heterocycles. The van der Waals surface area contributed by atoms with Crippen LogP contribution >= 0.6 is 12.2 Å².